The van der Waals surface area contributed by atoms with Crippen LogP contribution in [0.25, 0.3) is 0 Å². The van der Waals surface area contributed by atoms with Crippen LogP contribution in [0.2, 0.25) is 10.0 Å². The van der Waals surface area contributed by atoms with Crippen LogP contribution >= 0.6 is 23.2 Å². The summed E-state index contributed by atoms with van der Waals surface area (Å²) in [5.41, 5.74) is 6.10. The molecule has 0 saturated heterocycles. The number of fused-ring (bicyclic) bond motifs is 1. The first-order chi connectivity index (χ1) is 19.4. The van der Waals surface area contributed by atoms with Gasteiger partial charge in [0.25, 0.3) is 5.91 Å². The van der Waals surface area contributed by atoms with Crippen LogP contribution in [-0.4, -0.2) is 41.9 Å². The fourth-order valence-electron chi connectivity index (χ4n) is 4.36. The molecule has 2 heterocycles. The second kappa shape index (κ2) is 13.0. The monoisotopic (exact) mass is 604 g/mol. The van der Waals surface area contributed by atoms with E-state index in [-0.39, 0.29) is 38.1 Å². The summed E-state index contributed by atoms with van der Waals surface area (Å²) in [6.07, 6.45) is 0.0182. The minimum Gasteiger partial charge on any atom is -0.454 e. The molecular weight excluding hydrogens is 571 g/mol. The second-order valence-electron chi connectivity index (χ2n) is 10.8. The number of ether oxygens (including phenoxy) is 3. The van der Waals surface area contributed by atoms with Crippen molar-refractivity contribution in [3.8, 4) is 11.5 Å². The van der Waals surface area contributed by atoms with Crippen molar-refractivity contribution in [3.05, 3.63) is 68.2 Å². The predicted molar refractivity (Wildman–Crippen MR) is 154 cm³/mol. The van der Waals surface area contributed by atoms with Crippen LogP contribution in [-0.2, 0) is 34.0 Å². The number of hydrogen-bond donors (Lipinski definition) is 3. The molecule has 0 aliphatic carbocycles. The maximum atomic E-state index is 13.3. The molecule has 41 heavy (non-hydrogen) atoms. The fourth-order valence-corrected chi connectivity index (χ4v) is 4.78. The van der Waals surface area contributed by atoms with Crippen LogP contribution in [0.3, 0.4) is 0 Å². The first kappa shape index (κ1) is 30.5. The summed E-state index contributed by atoms with van der Waals surface area (Å²) in [7, 11) is 0. The molecule has 3 amide bonds. The van der Waals surface area contributed by atoms with Crippen molar-refractivity contribution in [2.24, 2.45) is 0 Å². The van der Waals surface area contributed by atoms with E-state index in [0.29, 0.717) is 46.6 Å². The third-order valence-corrected chi connectivity index (χ3v) is 7.12. The summed E-state index contributed by atoms with van der Waals surface area (Å²) >= 11 is 12.6. The van der Waals surface area contributed by atoms with Crippen molar-refractivity contribution < 1.29 is 28.6 Å². The van der Waals surface area contributed by atoms with E-state index in [1.807, 2.05) is 6.92 Å². The van der Waals surface area contributed by atoms with E-state index in [0.717, 1.165) is 22.3 Å². The first-order valence-corrected chi connectivity index (χ1v) is 14.0. The highest BCUT2D eigenvalue weighted by Gasteiger charge is 2.27. The third-order valence-electron chi connectivity index (χ3n) is 6.53. The van der Waals surface area contributed by atoms with Gasteiger partial charge in [0.05, 0.1) is 6.42 Å². The number of benzene rings is 2. The molecule has 0 bridgehead atoms. The number of nitrogens with zero attached hydrogens (tertiary/aromatic N) is 1. The average Bonchev–Trinajstić information content (AvgIpc) is 3.35. The number of carbonyl (C=O) groups excluding carboxylic acids is 3. The zero-order valence-electron chi connectivity index (χ0n) is 23.5. The van der Waals surface area contributed by atoms with Gasteiger partial charge >= 0.3 is 6.09 Å². The standard InChI is InChI=1S/C29H34Cl2N4O6/c1-17-7-8-35(34-15-20-10-24-25(12-23(20)31)40-16-39-24)27(37)22(17)11-26(36)32-14-19-9-21(30)6-5-18(19)13-33-28(38)41-29(2,3)4/h5-6,9-10,12,34H,7-8,11,13-16H2,1-4H3,(H,32,36)(H,33,38). The van der Waals surface area contributed by atoms with Gasteiger partial charge in [-0.15, -0.1) is 0 Å². The van der Waals surface area contributed by atoms with Crippen molar-refractivity contribution in [2.75, 3.05) is 13.3 Å². The molecule has 0 atom stereocenters. The van der Waals surface area contributed by atoms with Crippen molar-refractivity contribution in [1.82, 2.24) is 21.1 Å². The minimum absolute atomic E-state index is 0.0698. The van der Waals surface area contributed by atoms with Gasteiger partial charge in [-0.25, -0.2) is 10.2 Å². The van der Waals surface area contributed by atoms with Gasteiger partial charge in [0, 0.05) is 47.9 Å². The highest BCUT2D eigenvalue weighted by atomic mass is 35.5. The van der Waals surface area contributed by atoms with E-state index in [9.17, 15) is 14.4 Å². The van der Waals surface area contributed by atoms with Gasteiger partial charge in [-0.3, -0.25) is 14.6 Å². The van der Waals surface area contributed by atoms with Crippen molar-refractivity contribution >= 4 is 41.1 Å². The van der Waals surface area contributed by atoms with E-state index >= 15 is 0 Å². The van der Waals surface area contributed by atoms with Gasteiger partial charge in [-0.2, -0.15) is 0 Å². The molecule has 2 aliphatic heterocycles. The van der Waals surface area contributed by atoms with Crippen molar-refractivity contribution in [1.29, 1.82) is 0 Å². The van der Waals surface area contributed by atoms with E-state index in [1.165, 1.54) is 5.01 Å². The SMILES string of the molecule is CC1=C(CC(=O)NCc2cc(Cl)ccc2CNC(=O)OC(C)(C)C)C(=O)N(NCc2cc3c(cc2Cl)OCO3)CC1. The Morgan fingerprint density at radius 1 is 0.976 bits per heavy atom. The molecule has 3 N–H and O–H groups in total. The number of carbonyl (C=O) groups is 3. The third kappa shape index (κ3) is 8.28. The molecule has 2 aromatic rings. The summed E-state index contributed by atoms with van der Waals surface area (Å²) in [6.45, 7) is 8.51. The predicted octanol–water partition coefficient (Wildman–Crippen LogP) is 5.01. The molecule has 2 aromatic carbocycles. The summed E-state index contributed by atoms with van der Waals surface area (Å²) in [4.78, 5) is 38.3. The number of alkyl carbamates (subject to hydrolysis) is 1. The molecule has 0 radical (unpaired) electrons. The molecule has 4 rings (SSSR count). The number of hydrogen-bond acceptors (Lipinski definition) is 7. The Bertz CT molecular complexity index is 1370. The molecular formula is C29H34Cl2N4O6. The lowest BCUT2D eigenvalue weighted by molar-refractivity contribution is -0.132. The minimum atomic E-state index is -0.617. The summed E-state index contributed by atoms with van der Waals surface area (Å²) < 4.78 is 16.1. The second-order valence-corrected chi connectivity index (χ2v) is 11.7. The number of rotatable bonds is 9. The molecule has 0 unspecified atom stereocenters. The molecule has 0 spiro atoms. The van der Waals surface area contributed by atoms with Crippen LogP contribution in [0, 0.1) is 0 Å². The Hall–Kier alpha value is -3.47. The molecule has 10 nitrogen and oxygen atoms in total. The van der Waals surface area contributed by atoms with Crippen molar-refractivity contribution in [2.45, 2.75) is 65.8 Å². The van der Waals surface area contributed by atoms with Gasteiger partial charge in [-0.1, -0.05) is 34.8 Å². The number of nitrogens with one attached hydrogen (secondary N) is 3. The van der Waals surface area contributed by atoms with Crippen LogP contribution in [0.15, 0.2) is 41.5 Å². The van der Waals surface area contributed by atoms with Gasteiger partial charge < -0.3 is 24.8 Å². The average molecular weight is 606 g/mol. The van der Waals surface area contributed by atoms with Crippen LogP contribution in [0.1, 0.15) is 57.2 Å². The van der Waals surface area contributed by atoms with Crippen LogP contribution < -0.4 is 25.5 Å². The highest BCUT2D eigenvalue weighted by molar-refractivity contribution is 6.31. The fraction of sp³-hybridized carbons (Fsp3) is 0.414. The smallest absolute Gasteiger partial charge is 0.407 e. The van der Waals surface area contributed by atoms with E-state index < -0.39 is 11.7 Å². The van der Waals surface area contributed by atoms with Crippen molar-refractivity contribution in [3.63, 3.8) is 0 Å². The highest BCUT2D eigenvalue weighted by Crippen LogP contribution is 2.36. The lowest BCUT2D eigenvalue weighted by Crippen LogP contribution is -2.47. The topological polar surface area (TPSA) is 118 Å². The van der Waals surface area contributed by atoms with E-state index in [4.69, 9.17) is 37.4 Å². The van der Waals surface area contributed by atoms with Gasteiger partial charge in [0.1, 0.15) is 5.60 Å². The van der Waals surface area contributed by atoms with E-state index in [2.05, 4.69) is 16.1 Å². The van der Waals surface area contributed by atoms with Gasteiger partial charge in [0.15, 0.2) is 11.5 Å². The number of amides is 3. The quantitative estimate of drug-likeness (QED) is 0.368. The Morgan fingerprint density at radius 3 is 2.41 bits per heavy atom. The lowest BCUT2D eigenvalue weighted by Gasteiger charge is -2.30. The largest absolute Gasteiger partial charge is 0.454 e. The molecule has 0 saturated carbocycles. The summed E-state index contributed by atoms with van der Waals surface area (Å²) in [6, 6.07) is 8.71. The zero-order valence-corrected chi connectivity index (χ0v) is 25.0. The molecule has 220 valence electrons. The Labute approximate surface area is 249 Å². The normalized spacial score (nSPS) is 14.8. The number of hydrazine groups is 1. The maximum absolute atomic E-state index is 13.3. The maximum Gasteiger partial charge on any atom is 0.407 e. The Balaban J connectivity index is 1.33. The van der Waals surface area contributed by atoms with Crippen LogP contribution in [0.4, 0.5) is 4.79 Å². The molecule has 12 heteroatoms. The molecule has 0 aromatic heterocycles. The van der Waals surface area contributed by atoms with Crippen LogP contribution in [0.5, 0.6) is 11.5 Å². The van der Waals surface area contributed by atoms with Gasteiger partial charge in [0.2, 0.25) is 12.7 Å². The summed E-state index contributed by atoms with van der Waals surface area (Å²) in [5, 5.41) is 8.10. The van der Waals surface area contributed by atoms with E-state index in [1.54, 1.807) is 51.1 Å². The Morgan fingerprint density at radius 2 is 1.68 bits per heavy atom. The Kier molecular flexibility index (Phi) is 9.68. The molecule has 2 aliphatic rings. The lowest BCUT2D eigenvalue weighted by atomic mass is 9.98. The summed E-state index contributed by atoms with van der Waals surface area (Å²) in [5.74, 6) is 0.627. The number of halogens is 2. The first-order valence-electron chi connectivity index (χ1n) is 13.2. The molecule has 0 fully saturated rings. The van der Waals surface area contributed by atoms with Gasteiger partial charge in [-0.05, 0) is 69.0 Å². The zero-order chi connectivity index (χ0) is 29.7.